The first-order valence-corrected chi connectivity index (χ1v) is 10.7. The van der Waals surface area contributed by atoms with Crippen LogP contribution in [0.2, 0.25) is 0 Å². The maximum Gasteiger partial charge on any atom is 0.339 e. The van der Waals surface area contributed by atoms with Crippen molar-refractivity contribution in [1.82, 2.24) is 9.97 Å². The number of thioether (sulfide) groups is 1. The van der Waals surface area contributed by atoms with Crippen molar-refractivity contribution in [1.29, 1.82) is 5.26 Å². The fourth-order valence-corrected chi connectivity index (χ4v) is 3.78. The lowest BCUT2D eigenvalue weighted by molar-refractivity contribution is 0.487. The van der Waals surface area contributed by atoms with Gasteiger partial charge in [-0.2, -0.15) is 13.7 Å². The van der Waals surface area contributed by atoms with Crippen LogP contribution in [0.25, 0.3) is 11.3 Å². The fraction of sp³-hybridized carbons (Fsp3) is 0.105. The van der Waals surface area contributed by atoms with Gasteiger partial charge >= 0.3 is 10.1 Å². The average molecular weight is 413 g/mol. The molecule has 0 unspecified atom stereocenters. The topological polar surface area (TPSA) is 113 Å². The molecular formula is C19H15N3O4S2. The number of nitrogens with one attached hydrogen (secondary N) is 1. The van der Waals surface area contributed by atoms with Crippen molar-refractivity contribution in [2.75, 3.05) is 6.26 Å². The zero-order valence-corrected chi connectivity index (χ0v) is 16.6. The molecule has 0 saturated heterocycles. The molecule has 0 spiro atoms. The third-order valence-corrected chi connectivity index (χ3v) is 5.68. The molecular weight excluding hydrogens is 398 g/mol. The van der Waals surface area contributed by atoms with Gasteiger partial charge in [-0.05, 0) is 37.4 Å². The normalized spacial score (nSPS) is 11.0. The highest BCUT2D eigenvalue weighted by atomic mass is 32.2. The third kappa shape index (κ3) is 3.93. The van der Waals surface area contributed by atoms with Crippen LogP contribution in [0.1, 0.15) is 11.1 Å². The minimum absolute atomic E-state index is 0.00270. The fourth-order valence-electron chi connectivity index (χ4n) is 2.45. The second-order valence-corrected chi connectivity index (χ2v) is 8.10. The van der Waals surface area contributed by atoms with Gasteiger partial charge in [0.05, 0.1) is 0 Å². The Kier molecular flexibility index (Phi) is 5.53. The maximum atomic E-state index is 12.7. The Labute approximate surface area is 166 Å². The molecule has 0 bridgehead atoms. The van der Waals surface area contributed by atoms with Gasteiger partial charge < -0.3 is 9.17 Å². The summed E-state index contributed by atoms with van der Waals surface area (Å²) in [7, 11) is -4.11. The average Bonchev–Trinajstić information content (AvgIpc) is 2.68. The van der Waals surface area contributed by atoms with Gasteiger partial charge in [-0.1, -0.05) is 41.6 Å². The number of aromatic amines is 1. The highest BCUT2D eigenvalue weighted by Crippen LogP contribution is 2.32. The standard InChI is InChI=1S/C19H15N3O4S2/c1-12-7-9-13(10-8-12)28(24,25)26-16-6-4-3-5-14(16)17-15(11-20)18(23)22-19(21-17)27-2/h3-10H,1-2H3,(H,21,22,23). The van der Waals surface area contributed by atoms with Crippen LogP contribution in [0, 0.1) is 18.3 Å². The summed E-state index contributed by atoms with van der Waals surface area (Å²) in [5.74, 6) is -0.0234. The van der Waals surface area contributed by atoms with Gasteiger partial charge in [0.15, 0.2) is 10.9 Å². The van der Waals surface area contributed by atoms with Crippen LogP contribution < -0.4 is 9.74 Å². The number of aromatic nitrogens is 2. The molecule has 0 fully saturated rings. The summed E-state index contributed by atoms with van der Waals surface area (Å²) >= 11 is 1.19. The number of hydrogen-bond donors (Lipinski definition) is 1. The Hall–Kier alpha value is -3.09. The molecule has 1 aromatic heterocycles. The summed E-state index contributed by atoms with van der Waals surface area (Å²) in [6, 6.07) is 14.3. The number of para-hydroxylation sites is 1. The van der Waals surface area contributed by atoms with Crippen LogP contribution in [0.3, 0.4) is 0 Å². The summed E-state index contributed by atoms with van der Waals surface area (Å²) in [5.41, 5.74) is 0.381. The molecule has 0 aliphatic heterocycles. The SMILES string of the molecule is CSc1nc(-c2ccccc2OS(=O)(=O)c2ccc(C)cc2)c(C#N)c(=O)[nH]1. The number of hydrogen-bond acceptors (Lipinski definition) is 7. The van der Waals surface area contributed by atoms with E-state index in [0.717, 1.165) is 5.56 Å². The first kappa shape index (κ1) is 19.7. The second-order valence-electron chi connectivity index (χ2n) is 5.76. The molecule has 9 heteroatoms. The van der Waals surface area contributed by atoms with Gasteiger partial charge in [0.1, 0.15) is 22.2 Å². The summed E-state index contributed by atoms with van der Waals surface area (Å²) in [5, 5.41) is 9.68. The second kappa shape index (κ2) is 7.88. The van der Waals surface area contributed by atoms with Crippen LogP contribution in [0.15, 0.2) is 63.4 Å². The Morgan fingerprint density at radius 3 is 2.46 bits per heavy atom. The zero-order chi connectivity index (χ0) is 20.3. The van der Waals surface area contributed by atoms with E-state index >= 15 is 0 Å². The smallest absolute Gasteiger partial charge is 0.339 e. The van der Waals surface area contributed by atoms with E-state index in [1.54, 1.807) is 36.6 Å². The lowest BCUT2D eigenvalue weighted by atomic mass is 10.1. The highest BCUT2D eigenvalue weighted by molar-refractivity contribution is 7.98. The molecule has 0 atom stereocenters. The quantitative estimate of drug-likeness (QED) is 0.388. The van der Waals surface area contributed by atoms with E-state index in [-0.39, 0.29) is 27.5 Å². The van der Waals surface area contributed by atoms with Crippen molar-refractivity contribution in [3.05, 3.63) is 70.0 Å². The number of nitriles is 1. The van der Waals surface area contributed by atoms with Gasteiger partial charge in [-0.15, -0.1) is 0 Å². The lowest BCUT2D eigenvalue weighted by Gasteiger charge is -2.12. The van der Waals surface area contributed by atoms with E-state index in [0.29, 0.717) is 5.16 Å². The van der Waals surface area contributed by atoms with Gasteiger partial charge in [-0.25, -0.2) is 4.98 Å². The van der Waals surface area contributed by atoms with Crippen LogP contribution in [-0.4, -0.2) is 24.6 Å². The number of aryl methyl sites for hydroxylation is 1. The van der Waals surface area contributed by atoms with Crippen LogP contribution >= 0.6 is 11.8 Å². The molecule has 1 heterocycles. The molecule has 3 aromatic rings. The molecule has 142 valence electrons. The van der Waals surface area contributed by atoms with Crippen LogP contribution in [0.5, 0.6) is 5.75 Å². The molecule has 0 aliphatic rings. The van der Waals surface area contributed by atoms with Crippen molar-refractivity contribution in [2.45, 2.75) is 17.0 Å². The van der Waals surface area contributed by atoms with E-state index in [9.17, 15) is 18.5 Å². The van der Waals surface area contributed by atoms with Crippen molar-refractivity contribution in [3.63, 3.8) is 0 Å². The summed E-state index contributed by atoms with van der Waals surface area (Å²) in [6.07, 6.45) is 1.72. The lowest BCUT2D eigenvalue weighted by Crippen LogP contribution is -2.15. The molecule has 0 amide bonds. The van der Waals surface area contributed by atoms with Crippen molar-refractivity contribution < 1.29 is 12.6 Å². The Balaban J connectivity index is 2.13. The summed E-state index contributed by atoms with van der Waals surface area (Å²) in [6.45, 7) is 1.85. The Morgan fingerprint density at radius 2 is 1.82 bits per heavy atom. The van der Waals surface area contributed by atoms with Crippen LogP contribution in [0.4, 0.5) is 0 Å². The van der Waals surface area contributed by atoms with E-state index in [2.05, 4.69) is 9.97 Å². The number of benzene rings is 2. The van der Waals surface area contributed by atoms with Gasteiger partial charge in [0.2, 0.25) is 0 Å². The zero-order valence-electron chi connectivity index (χ0n) is 15.0. The molecule has 0 radical (unpaired) electrons. The monoisotopic (exact) mass is 413 g/mol. The van der Waals surface area contributed by atoms with E-state index in [1.165, 1.54) is 30.0 Å². The minimum atomic E-state index is -4.11. The van der Waals surface area contributed by atoms with Crippen LogP contribution in [-0.2, 0) is 10.1 Å². The van der Waals surface area contributed by atoms with Gasteiger partial charge in [0, 0.05) is 5.56 Å². The number of rotatable bonds is 5. The predicted octanol–water partition coefficient (Wildman–Crippen LogP) is 3.11. The molecule has 7 nitrogen and oxygen atoms in total. The molecule has 1 N–H and O–H groups in total. The minimum Gasteiger partial charge on any atom is -0.378 e. The number of nitrogens with zero attached hydrogens (tertiary/aromatic N) is 2. The Bertz CT molecular complexity index is 1230. The first-order chi connectivity index (χ1) is 13.4. The highest BCUT2D eigenvalue weighted by Gasteiger charge is 2.22. The van der Waals surface area contributed by atoms with Crippen molar-refractivity contribution in [3.8, 4) is 23.1 Å². The molecule has 3 rings (SSSR count). The first-order valence-electron chi connectivity index (χ1n) is 8.04. The summed E-state index contributed by atoms with van der Waals surface area (Å²) < 4.78 is 30.7. The van der Waals surface area contributed by atoms with Crippen molar-refractivity contribution >= 4 is 21.9 Å². The van der Waals surface area contributed by atoms with Gasteiger partial charge in [-0.3, -0.25) is 4.79 Å². The number of H-pyrrole nitrogens is 1. The third-order valence-electron chi connectivity index (χ3n) is 3.85. The van der Waals surface area contributed by atoms with Crippen molar-refractivity contribution in [2.24, 2.45) is 0 Å². The van der Waals surface area contributed by atoms with E-state index < -0.39 is 15.7 Å². The largest absolute Gasteiger partial charge is 0.378 e. The van der Waals surface area contributed by atoms with E-state index in [4.69, 9.17) is 4.18 Å². The molecule has 0 saturated carbocycles. The van der Waals surface area contributed by atoms with E-state index in [1.807, 2.05) is 13.0 Å². The molecule has 2 aromatic carbocycles. The molecule has 0 aliphatic carbocycles. The Morgan fingerprint density at radius 1 is 1.14 bits per heavy atom. The maximum absolute atomic E-state index is 12.7. The predicted molar refractivity (Wildman–Crippen MR) is 106 cm³/mol. The van der Waals surface area contributed by atoms with Gasteiger partial charge in [0.25, 0.3) is 5.56 Å². The summed E-state index contributed by atoms with van der Waals surface area (Å²) in [4.78, 5) is 19.0. The molecule has 28 heavy (non-hydrogen) atoms.